The maximum atomic E-state index is 12.3. The van der Waals surface area contributed by atoms with Gasteiger partial charge in [0, 0.05) is 11.6 Å². The Labute approximate surface area is 175 Å². The van der Waals surface area contributed by atoms with Crippen LogP contribution in [0.3, 0.4) is 0 Å². The first-order valence-electron chi connectivity index (χ1n) is 9.01. The van der Waals surface area contributed by atoms with E-state index in [0.29, 0.717) is 5.69 Å². The number of nitro benzene ring substituents is 1. The van der Waals surface area contributed by atoms with Gasteiger partial charge in [-0.1, -0.05) is 48.5 Å². The summed E-state index contributed by atoms with van der Waals surface area (Å²) >= 11 is 0.987. The molecule has 0 unspecified atom stereocenters. The number of rotatable bonds is 6. The van der Waals surface area contributed by atoms with Crippen LogP contribution in [0.4, 0.5) is 11.4 Å². The Morgan fingerprint density at radius 3 is 2.77 bits per heavy atom. The van der Waals surface area contributed by atoms with Crippen LogP contribution in [0.1, 0.15) is 5.56 Å². The SMILES string of the molecule is Cc1ccc(NC(=O)COc2nsnc2-c2cccc3ccccc23)c([N+](=O)[O-])c1. The molecular weight excluding hydrogens is 404 g/mol. The number of ether oxygens (including phenoxy) is 1. The fourth-order valence-corrected chi connectivity index (χ4v) is 3.60. The van der Waals surface area contributed by atoms with Crippen molar-refractivity contribution in [1.82, 2.24) is 8.75 Å². The van der Waals surface area contributed by atoms with Gasteiger partial charge in [-0.3, -0.25) is 14.9 Å². The molecule has 1 heterocycles. The summed E-state index contributed by atoms with van der Waals surface area (Å²) in [5, 5.41) is 15.8. The molecule has 0 aliphatic carbocycles. The molecule has 9 heteroatoms. The molecule has 0 fully saturated rings. The monoisotopic (exact) mass is 420 g/mol. The normalized spacial score (nSPS) is 10.7. The second-order valence-corrected chi connectivity index (χ2v) is 7.09. The van der Waals surface area contributed by atoms with Gasteiger partial charge in [0.05, 0.1) is 16.7 Å². The second kappa shape index (κ2) is 8.26. The average molecular weight is 420 g/mol. The molecule has 4 rings (SSSR count). The first-order valence-corrected chi connectivity index (χ1v) is 9.74. The topological polar surface area (TPSA) is 107 Å². The molecule has 8 nitrogen and oxygen atoms in total. The number of fused-ring (bicyclic) bond motifs is 1. The Bertz CT molecular complexity index is 1250. The number of hydrogen-bond donors (Lipinski definition) is 1. The summed E-state index contributed by atoms with van der Waals surface area (Å²) in [6.45, 7) is 1.39. The van der Waals surface area contributed by atoms with Crippen molar-refractivity contribution >= 4 is 39.8 Å². The fourth-order valence-electron chi connectivity index (χ4n) is 3.09. The number of carbonyl (C=O) groups is 1. The van der Waals surface area contributed by atoms with Gasteiger partial charge in [0.2, 0.25) is 0 Å². The molecular formula is C21H16N4O4S. The highest BCUT2D eigenvalue weighted by atomic mass is 32.1. The Hall–Kier alpha value is -3.85. The predicted octanol–water partition coefficient (Wildman–Crippen LogP) is 4.59. The zero-order valence-corrected chi connectivity index (χ0v) is 16.7. The number of anilines is 1. The van der Waals surface area contributed by atoms with Crippen molar-refractivity contribution in [2.24, 2.45) is 0 Å². The number of nitrogens with one attached hydrogen (secondary N) is 1. The van der Waals surface area contributed by atoms with E-state index in [4.69, 9.17) is 4.74 Å². The highest BCUT2D eigenvalue weighted by Gasteiger charge is 2.18. The quantitative estimate of drug-likeness (QED) is 0.361. The molecule has 4 aromatic rings. The number of amides is 1. The van der Waals surface area contributed by atoms with Crippen LogP contribution in [-0.4, -0.2) is 26.2 Å². The first kappa shape index (κ1) is 19.5. The van der Waals surface area contributed by atoms with Crippen LogP contribution in [0.2, 0.25) is 0 Å². The molecule has 0 atom stereocenters. The molecule has 0 bridgehead atoms. The minimum atomic E-state index is -0.535. The van der Waals surface area contributed by atoms with E-state index in [2.05, 4.69) is 14.1 Å². The molecule has 30 heavy (non-hydrogen) atoms. The number of carbonyl (C=O) groups excluding carboxylic acids is 1. The molecule has 0 spiro atoms. The van der Waals surface area contributed by atoms with Crippen molar-refractivity contribution < 1.29 is 14.5 Å². The Morgan fingerprint density at radius 2 is 1.93 bits per heavy atom. The number of aryl methyl sites for hydroxylation is 1. The van der Waals surface area contributed by atoms with E-state index in [1.54, 1.807) is 13.0 Å². The van der Waals surface area contributed by atoms with Crippen molar-refractivity contribution in [2.75, 3.05) is 11.9 Å². The molecule has 150 valence electrons. The van der Waals surface area contributed by atoms with E-state index in [-0.39, 0.29) is 23.9 Å². The average Bonchev–Trinajstić information content (AvgIpc) is 3.21. The first-order chi connectivity index (χ1) is 14.5. The van der Waals surface area contributed by atoms with Gasteiger partial charge >= 0.3 is 0 Å². The van der Waals surface area contributed by atoms with Gasteiger partial charge in [-0.05, 0) is 29.3 Å². The van der Waals surface area contributed by atoms with Gasteiger partial charge in [0.1, 0.15) is 11.4 Å². The van der Waals surface area contributed by atoms with Gasteiger partial charge in [-0.25, -0.2) is 0 Å². The lowest BCUT2D eigenvalue weighted by molar-refractivity contribution is -0.384. The van der Waals surface area contributed by atoms with Crippen LogP contribution >= 0.6 is 11.7 Å². The van der Waals surface area contributed by atoms with Gasteiger partial charge in [0.25, 0.3) is 17.5 Å². The van der Waals surface area contributed by atoms with E-state index >= 15 is 0 Å². The van der Waals surface area contributed by atoms with Gasteiger partial charge in [-0.2, -0.15) is 4.37 Å². The van der Waals surface area contributed by atoms with E-state index in [9.17, 15) is 14.9 Å². The molecule has 0 saturated heterocycles. The van der Waals surface area contributed by atoms with Crippen LogP contribution in [0.15, 0.2) is 60.7 Å². The van der Waals surface area contributed by atoms with Crippen molar-refractivity contribution in [3.63, 3.8) is 0 Å². The Balaban J connectivity index is 1.52. The van der Waals surface area contributed by atoms with Gasteiger partial charge in [0.15, 0.2) is 6.61 Å². The van der Waals surface area contributed by atoms with E-state index in [1.165, 1.54) is 12.1 Å². The molecule has 1 aromatic heterocycles. The number of aromatic nitrogens is 2. The Morgan fingerprint density at radius 1 is 1.13 bits per heavy atom. The summed E-state index contributed by atoms with van der Waals surface area (Å²) < 4.78 is 14.1. The van der Waals surface area contributed by atoms with E-state index < -0.39 is 10.8 Å². The second-order valence-electron chi connectivity index (χ2n) is 6.56. The molecule has 0 saturated carbocycles. The zero-order valence-electron chi connectivity index (χ0n) is 15.9. The van der Waals surface area contributed by atoms with Crippen LogP contribution in [0.5, 0.6) is 5.88 Å². The van der Waals surface area contributed by atoms with Crippen molar-refractivity contribution in [1.29, 1.82) is 0 Å². The summed E-state index contributed by atoms with van der Waals surface area (Å²) in [6.07, 6.45) is 0. The summed E-state index contributed by atoms with van der Waals surface area (Å²) in [5.41, 5.74) is 2.07. The third-order valence-corrected chi connectivity index (χ3v) is 4.98. The van der Waals surface area contributed by atoms with Crippen molar-refractivity contribution in [3.05, 3.63) is 76.3 Å². The maximum absolute atomic E-state index is 12.3. The minimum Gasteiger partial charge on any atom is -0.465 e. The standard InChI is InChI=1S/C21H16N4O4S/c1-13-9-10-17(18(11-13)25(27)28)22-19(26)12-29-21-20(23-30-24-21)16-8-4-6-14-5-2-3-7-15(14)16/h2-11H,12H2,1H3,(H,22,26). The van der Waals surface area contributed by atoms with Crippen LogP contribution < -0.4 is 10.1 Å². The maximum Gasteiger partial charge on any atom is 0.293 e. The number of hydrogen-bond acceptors (Lipinski definition) is 7. The molecule has 0 aliphatic rings. The molecule has 1 N–H and O–H groups in total. The van der Waals surface area contributed by atoms with Crippen LogP contribution in [0.25, 0.3) is 22.0 Å². The lowest BCUT2D eigenvalue weighted by Gasteiger charge is -2.09. The van der Waals surface area contributed by atoms with Gasteiger partial charge < -0.3 is 10.1 Å². The number of nitro groups is 1. The lowest BCUT2D eigenvalue weighted by Crippen LogP contribution is -2.21. The van der Waals surface area contributed by atoms with Crippen molar-refractivity contribution in [2.45, 2.75) is 6.92 Å². The zero-order chi connectivity index (χ0) is 21.1. The van der Waals surface area contributed by atoms with Crippen LogP contribution in [0, 0.1) is 17.0 Å². The van der Waals surface area contributed by atoms with Crippen molar-refractivity contribution in [3.8, 4) is 17.1 Å². The van der Waals surface area contributed by atoms with E-state index in [0.717, 1.165) is 33.6 Å². The lowest BCUT2D eigenvalue weighted by atomic mass is 10.0. The summed E-state index contributed by atoms with van der Waals surface area (Å²) in [4.78, 5) is 23.0. The fraction of sp³-hybridized carbons (Fsp3) is 0.0952. The van der Waals surface area contributed by atoms with Crippen LogP contribution in [-0.2, 0) is 4.79 Å². The molecule has 1 amide bonds. The molecule has 0 aliphatic heterocycles. The van der Waals surface area contributed by atoms with E-state index in [1.807, 2.05) is 42.5 Å². The third-order valence-electron chi connectivity index (χ3n) is 4.47. The number of benzene rings is 3. The third kappa shape index (κ3) is 3.96. The largest absolute Gasteiger partial charge is 0.465 e. The highest BCUT2D eigenvalue weighted by Crippen LogP contribution is 2.33. The summed E-state index contributed by atoms with van der Waals surface area (Å²) in [7, 11) is 0. The smallest absolute Gasteiger partial charge is 0.293 e. The molecule has 3 aromatic carbocycles. The molecule has 0 radical (unpaired) electrons. The van der Waals surface area contributed by atoms with Gasteiger partial charge in [-0.15, -0.1) is 4.37 Å². The highest BCUT2D eigenvalue weighted by molar-refractivity contribution is 6.99. The minimum absolute atomic E-state index is 0.116. The number of nitrogens with zero attached hydrogens (tertiary/aromatic N) is 3. The summed E-state index contributed by atoms with van der Waals surface area (Å²) in [6, 6.07) is 18.3. The predicted molar refractivity (Wildman–Crippen MR) is 115 cm³/mol. The Kier molecular flexibility index (Phi) is 5.36. The summed E-state index contributed by atoms with van der Waals surface area (Å²) in [5.74, 6) is -0.288.